The number of hydrogen-bond donors (Lipinski definition) is 0. The summed E-state index contributed by atoms with van der Waals surface area (Å²) in [5, 5.41) is 3.80. The highest BCUT2D eigenvalue weighted by atomic mass is 35.5. The van der Waals surface area contributed by atoms with E-state index in [-0.39, 0.29) is 11.9 Å². The summed E-state index contributed by atoms with van der Waals surface area (Å²) in [6.07, 6.45) is 1.74. The minimum atomic E-state index is -0.391. The molecule has 2 aliphatic heterocycles. The van der Waals surface area contributed by atoms with E-state index in [1.54, 1.807) is 23.4 Å². The van der Waals surface area contributed by atoms with Gasteiger partial charge in [-0.05, 0) is 42.8 Å². The molecule has 0 aliphatic carbocycles. The van der Waals surface area contributed by atoms with Gasteiger partial charge in [0, 0.05) is 17.8 Å². The number of thiophene rings is 1. The Kier molecular flexibility index (Phi) is 5.50. The van der Waals surface area contributed by atoms with Crippen molar-refractivity contribution in [1.29, 1.82) is 0 Å². The van der Waals surface area contributed by atoms with Gasteiger partial charge in [-0.1, -0.05) is 16.8 Å². The Morgan fingerprint density at radius 1 is 1.21 bits per heavy atom. The fourth-order valence-corrected chi connectivity index (χ4v) is 4.13. The summed E-state index contributed by atoms with van der Waals surface area (Å²) in [7, 11) is 0. The van der Waals surface area contributed by atoms with Crippen molar-refractivity contribution in [3.63, 3.8) is 0 Å². The molecule has 0 saturated carbocycles. The topological polar surface area (TPSA) is 71.4 Å². The normalized spacial score (nSPS) is 18.9. The maximum absolute atomic E-state index is 12.2. The number of carbonyl (C=O) groups is 2. The molecule has 146 valence electrons. The molecule has 0 radical (unpaired) electrons. The average Bonchev–Trinajstić information content (AvgIpc) is 3.32. The van der Waals surface area contributed by atoms with Gasteiger partial charge in [-0.3, -0.25) is 9.69 Å². The van der Waals surface area contributed by atoms with Crippen LogP contribution in [0.2, 0.25) is 4.34 Å². The van der Waals surface area contributed by atoms with E-state index in [0.29, 0.717) is 35.2 Å². The van der Waals surface area contributed by atoms with Crippen molar-refractivity contribution in [2.24, 2.45) is 5.16 Å². The fourth-order valence-electron chi connectivity index (χ4n) is 3.12. The van der Waals surface area contributed by atoms with E-state index in [9.17, 15) is 9.59 Å². The highest BCUT2D eigenvalue weighted by Gasteiger charge is 2.32. The Morgan fingerprint density at radius 2 is 2.00 bits per heavy atom. The molecule has 4 rings (SSSR count). The molecule has 0 N–H and O–H groups in total. The SMILES string of the molecule is O=C(CC[C@H]1CN(c2ccc(N3C=NOCC3)cc2)C(=O)O1)c1ccc(Cl)s1. The van der Waals surface area contributed by atoms with Crippen LogP contribution in [0.1, 0.15) is 22.5 Å². The lowest BCUT2D eigenvalue weighted by atomic mass is 10.1. The maximum Gasteiger partial charge on any atom is 0.414 e. The average molecular weight is 420 g/mol. The van der Waals surface area contributed by atoms with Crippen LogP contribution in [0.5, 0.6) is 0 Å². The number of hydrogen-bond acceptors (Lipinski definition) is 7. The maximum atomic E-state index is 12.2. The number of nitrogens with zero attached hydrogens (tertiary/aromatic N) is 3. The van der Waals surface area contributed by atoms with Gasteiger partial charge in [-0.2, -0.15) is 0 Å². The van der Waals surface area contributed by atoms with Gasteiger partial charge < -0.3 is 14.5 Å². The summed E-state index contributed by atoms with van der Waals surface area (Å²) in [6, 6.07) is 11.0. The number of Topliss-reactive ketones (excluding diaryl/α,β-unsaturated/α-hetero) is 1. The third kappa shape index (κ3) is 4.13. The van der Waals surface area contributed by atoms with Gasteiger partial charge in [0.05, 0.1) is 22.3 Å². The van der Waals surface area contributed by atoms with Crippen molar-refractivity contribution in [2.45, 2.75) is 18.9 Å². The van der Waals surface area contributed by atoms with Crippen LogP contribution < -0.4 is 9.80 Å². The molecule has 9 heteroatoms. The zero-order chi connectivity index (χ0) is 19.5. The van der Waals surface area contributed by atoms with E-state index in [1.165, 1.54) is 11.3 Å². The Bertz CT molecular complexity index is 899. The third-order valence-electron chi connectivity index (χ3n) is 4.59. The van der Waals surface area contributed by atoms with E-state index >= 15 is 0 Å². The number of amides is 1. The zero-order valence-electron chi connectivity index (χ0n) is 14.9. The highest BCUT2D eigenvalue weighted by molar-refractivity contribution is 7.18. The molecule has 2 aliphatic rings. The number of carbonyl (C=O) groups excluding carboxylic acids is 2. The van der Waals surface area contributed by atoms with E-state index < -0.39 is 6.09 Å². The molecule has 2 aromatic rings. The van der Waals surface area contributed by atoms with Gasteiger partial charge in [0.25, 0.3) is 0 Å². The first kappa shape index (κ1) is 18.8. The van der Waals surface area contributed by atoms with Gasteiger partial charge in [0.15, 0.2) is 5.78 Å². The molecule has 1 aromatic carbocycles. The molecule has 0 bridgehead atoms. The van der Waals surface area contributed by atoms with Gasteiger partial charge in [0.1, 0.15) is 19.0 Å². The second-order valence-electron chi connectivity index (χ2n) is 6.45. The zero-order valence-corrected chi connectivity index (χ0v) is 16.5. The van der Waals surface area contributed by atoms with Gasteiger partial charge in [0.2, 0.25) is 0 Å². The molecule has 7 nitrogen and oxygen atoms in total. The van der Waals surface area contributed by atoms with E-state index in [0.717, 1.165) is 17.9 Å². The summed E-state index contributed by atoms with van der Waals surface area (Å²) >= 11 is 7.14. The minimum Gasteiger partial charge on any atom is -0.444 e. The number of anilines is 2. The fraction of sp³-hybridized carbons (Fsp3) is 0.316. The van der Waals surface area contributed by atoms with Crippen LogP contribution >= 0.6 is 22.9 Å². The number of halogens is 1. The lowest BCUT2D eigenvalue weighted by Gasteiger charge is -2.22. The molecule has 1 amide bonds. The predicted molar refractivity (Wildman–Crippen MR) is 109 cm³/mol. The Hall–Kier alpha value is -2.58. The number of ketones is 1. The standard InChI is InChI=1S/C19H18ClN3O4S/c20-18-8-7-17(28-18)16(24)6-5-15-11-23(19(25)27-15)14-3-1-13(2-4-14)22-9-10-26-21-12-22/h1-4,7-8,12,15H,5-6,9-11H2/t15-/m0/s1. The second kappa shape index (κ2) is 8.20. The molecule has 1 saturated heterocycles. The molecular formula is C19H18ClN3O4S. The molecule has 1 aromatic heterocycles. The van der Waals surface area contributed by atoms with Crippen LogP contribution in [0, 0.1) is 0 Å². The summed E-state index contributed by atoms with van der Waals surface area (Å²) in [5.41, 5.74) is 1.73. The molecule has 0 unspecified atom stereocenters. The summed E-state index contributed by atoms with van der Waals surface area (Å²) in [5.74, 6) is 0.0166. The summed E-state index contributed by atoms with van der Waals surface area (Å²) in [6.45, 7) is 1.69. The molecule has 3 heterocycles. The monoisotopic (exact) mass is 419 g/mol. The Labute approximate surface area is 171 Å². The van der Waals surface area contributed by atoms with Crippen molar-refractivity contribution in [1.82, 2.24) is 0 Å². The second-order valence-corrected chi connectivity index (χ2v) is 8.16. The van der Waals surface area contributed by atoms with Crippen LogP contribution in [-0.4, -0.2) is 44.0 Å². The lowest BCUT2D eigenvalue weighted by molar-refractivity contribution is 0.0943. The number of oxime groups is 1. The minimum absolute atomic E-state index is 0.0166. The molecular weight excluding hydrogens is 402 g/mol. The Balaban J connectivity index is 1.34. The number of ether oxygens (including phenoxy) is 1. The largest absolute Gasteiger partial charge is 0.444 e. The van der Waals surface area contributed by atoms with Gasteiger partial charge in [-0.25, -0.2) is 4.79 Å². The van der Waals surface area contributed by atoms with E-state index in [2.05, 4.69) is 5.16 Å². The smallest absolute Gasteiger partial charge is 0.414 e. The summed E-state index contributed by atoms with van der Waals surface area (Å²) < 4.78 is 6.02. The van der Waals surface area contributed by atoms with Crippen LogP contribution in [0.25, 0.3) is 0 Å². The van der Waals surface area contributed by atoms with Crippen molar-refractivity contribution in [2.75, 3.05) is 29.5 Å². The van der Waals surface area contributed by atoms with Crippen molar-refractivity contribution >= 4 is 52.5 Å². The van der Waals surface area contributed by atoms with Crippen LogP contribution in [0.15, 0.2) is 41.6 Å². The first-order chi connectivity index (χ1) is 13.6. The third-order valence-corrected chi connectivity index (χ3v) is 5.87. The van der Waals surface area contributed by atoms with E-state index in [1.807, 2.05) is 29.2 Å². The quantitative estimate of drug-likeness (QED) is 0.657. The lowest BCUT2D eigenvalue weighted by Crippen LogP contribution is -2.29. The van der Waals surface area contributed by atoms with Crippen molar-refractivity contribution < 1.29 is 19.2 Å². The number of rotatable bonds is 6. The predicted octanol–water partition coefficient (Wildman–Crippen LogP) is 4.17. The Morgan fingerprint density at radius 3 is 2.68 bits per heavy atom. The van der Waals surface area contributed by atoms with Crippen LogP contribution in [0.4, 0.5) is 16.2 Å². The van der Waals surface area contributed by atoms with Crippen LogP contribution in [-0.2, 0) is 9.57 Å². The number of cyclic esters (lactones) is 1. The molecule has 28 heavy (non-hydrogen) atoms. The van der Waals surface area contributed by atoms with Gasteiger partial charge >= 0.3 is 6.09 Å². The first-order valence-corrected chi connectivity index (χ1v) is 10.1. The number of benzene rings is 1. The van der Waals surface area contributed by atoms with Crippen molar-refractivity contribution in [3.05, 3.63) is 45.6 Å². The van der Waals surface area contributed by atoms with Gasteiger partial charge in [-0.15, -0.1) is 11.3 Å². The van der Waals surface area contributed by atoms with Crippen LogP contribution in [0.3, 0.4) is 0 Å². The summed E-state index contributed by atoms with van der Waals surface area (Å²) in [4.78, 5) is 33.6. The first-order valence-electron chi connectivity index (χ1n) is 8.89. The van der Waals surface area contributed by atoms with E-state index in [4.69, 9.17) is 21.2 Å². The molecule has 0 spiro atoms. The van der Waals surface area contributed by atoms with Crippen molar-refractivity contribution in [3.8, 4) is 0 Å². The highest BCUT2D eigenvalue weighted by Crippen LogP contribution is 2.27. The molecule has 1 fully saturated rings. The molecule has 1 atom stereocenters.